The molecular weight excluding hydrogens is 376 g/mol. The molecular formula is C20H32N4O3S. The molecule has 2 heterocycles. The minimum atomic E-state index is -3.46. The Morgan fingerprint density at radius 3 is 2.39 bits per heavy atom. The summed E-state index contributed by atoms with van der Waals surface area (Å²) >= 11 is 0. The second-order valence-corrected chi connectivity index (χ2v) is 10.2. The molecule has 0 spiro atoms. The van der Waals surface area contributed by atoms with Gasteiger partial charge in [0.1, 0.15) is 0 Å². The quantitative estimate of drug-likeness (QED) is 0.757. The lowest BCUT2D eigenvalue weighted by Gasteiger charge is -2.40. The van der Waals surface area contributed by atoms with Gasteiger partial charge in [0, 0.05) is 59.1 Å². The zero-order valence-corrected chi connectivity index (χ0v) is 18.2. The summed E-state index contributed by atoms with van der Waals surface area (Å²) in [4.78, 5) is 17.3. The van der Waals surface area contributed by atoms with E-state index in [1.165, 1.54) is 39.5 Å². The predicted molar refractivity (Wildman–Crippen MR) is 112 cm³/mol. The first-order valence-corrected chi connectivity index (χ1v) is 11.4. The molecule has 8 heteroatoms. The molecule has 2 aliphatic heterocycles. The molecule has 0 saturated carbocycles. The van der Waals surface area contributed by atoms with E-state index in [1.54, 1.807) is 0 Å². The van der Waals surface area contributed by atoms with Crippen LogP contribution in [0.1, 0.15) is 24.0 Å². The Labute approximate surface area is 169 Å². The lowest BCUT2D eigenvalue weighted by atomic mass is 9.97. The van der Waals surface area contributed by atoms with Crippen LogP contribution in [-0.4, -0.2) is 81.2 Å². The van der Waals surface area contributed by atoms with E-state index in [1.807, 2.05) is 4.90 Å². The maximum absolute atomic E-state index is 13.0. The normalized spacial score (nSPS) is 22.0. The Balaban J connectivity index is 1.61. The second-order valence-electron chi connectivity index (χ2n) is 8.02. The number of nitrogens with zero attached hydrogens (tertiary/aromatic N) is 4. The minimum absolute atomic E-state index is 0.0965. The van der Waals surface area contributed by atoms with Crippen molar-refractivity contribution in [3.05, 3.63) is 29.3 Å². The third-order valence-corrected chi connectivity index (χ3v) is 7.94. The van der Waals surface area contributed by atoms with Crippen molar-refractivity contribution in [2.75, 3.05) is 58.3 Å². The van der Waals surface area contributed by atoms with Gasteiger partial charge >= 0.3 is 0 Å². The van der Waals surface area contributed by atoms with Crippen LogP contribution in [0.5, 0.6) is 0 Å². The SMILES string of the molecule is Cc1cccc(N2CCN(C(=O)C3CCCN(S(=O)(=O)N(C)C)C3)CC2)c1C. The Bertz CT molecular complexity index is 817. The van der Waals surface area contributed by atoms with Gasteiger partial charge in [-0.3, -0.25) is 4.79 Å². The van der Waals surface area contributed by atoms with Crippen LogP contribution in [0.4, 0.5) is 5.69 Å². The van der Waals surface area contributed by atoms with Crippen LogP contribution < -0.4 is 4.90 Å². The molecule has 0 bridgehead atoms. The zero-order chi connectivity index (χ0) is 20.5. The van der Waals surface area contributed by atoms with Gasteiger partial charge in [0.15, 0.2) is 0 Å². The summed E-state index contributed by atoms with van der Waals surface area (Å²) in [6.07, 6.45) is 1.49. The van der Waals surface area contributed by atoms with E-state index < -0.39 is 10.2 Å². The van der Waals surface area contributed by atoms with Crippen LogP contribution in [0.15, 0.2) is 18.2 Å². The van der Waals surface area contributed by atoms with Gasteiger partial charge in [-0.25, -0.2) is 0 Å². The highest BCUT2D eigenvalue weighted by molar-refractivity contribution is 7.86. The highest BCUT2D eigenvalue weighted by Crippen LogP contribution is 2.26. The number of rotatable bonds is 4. The maximum atomic E-state index is 13.0. The molecule has 1 atom stereocenters. The molecule has 7 nitrogen and oxygen atoms in total. The van der Waals surface area contributed by atoms with Crippen molar-refractivity contribution < 1.29 is 13.2 Å². The first-order valence-electron chi connectivity index (χ1n) is 9.99. The number of aryl methyl sites for hydroxylation is 1. The van der Waals surface area contributed by atoms with Crippen LogP contribution in [0, 0.1) is 19.8 Å². The monoisotopic (exact) mass is 408 g/mol. The van der Waals surface area contributed by atoms with E-state index in [9.17, 15) is 13.2 Å². The molecule has 1 unspecified atom stereocenters. The molecule has 2 saturated heterocycles. The van der Waals surface area contributed by atoms with Gasteiger partial charge in [-0.2, -0.15) is 17.0 Å². The molecule has 156 valence electrons. The van der Waals surface area contributed by atoms with E-state index in [-0.39, 0.29) is 18.4 Å². The average molecular weight is 409 g/mol. The van der Waals surface area contributed by atoms with Crippen molar-refractivity contribution in [3.63, 3.8) is 0 Å². The van der Waals surface area contributed by atoms with Gasteiger partial charge in [0.2, 0.25) is 5.91 Å². The summed E-state index contributed by atoms with van der Waals surface area (Å²) < 4.78 is 27.5. The summed E-state index contributed by atoms with van der Waals surface area (Å²) in [6, 6.07) is 6.34. The topological polar surface area (TPSA) is 64.2 Å². The van der Waals surface area contributed by atoms with Gasteiger partial charge < -0.3 is 9.80 Å². The first kappa shape index (κ1) is 21.1. The van der Waals surface area contributed by atoms with Crippen molar-refractivity contribution in [2.24, 2.45) is 5.92 Å². The summed E-state index contributed by atoms with van der Waals surface area (Å²) in [5, 5.41) is 0. The number of hydrogen-bond acceptors (Lipinski definition) is 4. The smallest absolute Gasteiger partial charge is 0.281 e. The van der Waals surface area contributed by atoms with Gasteiger partial charge in [-0.1, -0.05) is 12.1 Å². The maximum Gasteiger partial charge on any atom is 0.281 e. The van der Waals surface area contributed by atoms with Crippen LogP contribution in [0.25, 0.3) is 0 Å². The number of carbonyl (C=O) groups excluding carboxylic acids is 1. The summed E-state index contributed by atoms with van der Waals surface area (Å²) in [5.74, 6) is -0.144. The number of piperidine rings is 1. The number of amides is 1. The largest absolute Gasteiger partial charge is 0.368 e. The van der Waals surface area contributed by atoms with Crippen molar-refractivity contribution in [1.29, 1.82) is 0 Å². The van der Waals surface area contributed by atoms with Crippen LogP contribution in [0.3, 0.4) is 0 Å². The zero-order valence-electron chi connectivity index (χ0n) is 17.4. The second kappa shape index (κ2) is 8.39. The summed E-state index contributed by atoms with van der Waals surface area (Å²) in [5.41, 5.74) is 3.81. The molecule has 0 aromatic heterocycles. The van der Waals surface area contributed by atoms with E-state index in [2.05, 4.69) is 36.9 Å². The van der Waals surface area contributed by atoms with E-state index in [4.69, 9.17) is 0 Å². The molecule has 0 N–H and O–H groups in total. The third-order valence-electron chi connectivity index (χ3n) is 6.03. The van der Waals surface area contributed by atoms with Crippen molar-refractivity contribution in [2.45, 2.75) is 26.7 Å². The van der Waals surface area contributed by atoms with Gasteiger partial charge in [0.25, 0.3) is 10.2 Å². The van der Waals surface area contributed by atoms with Crippen LogP contribution >= 0.6 is 0 Å². The summed E-state index contributed by atoms with van der Waals surface area (Å²) in [6.45, 7) is 8.03. The van der Waals surface area contributed by atoms with Gasteiger partial charge in [0.05, 0.1) is 5.92 Å². The molecule has 1 aromatic carbocycles. The lowest BCUT2D eigenvalue weighted by molar-refractivity contribution is -0.137. The molecule has 1 aromatic rings. The van der Waals surface area contributed by atoms with Crippen LogP contribution in [-0.2, 0) is 15.0 Å². The van der Waals surface area contributed by atoms with Crippen molar-refractivity contribution in [3.8, 4) is 0 Å². The van der Waals surface area contributed by atoms with Crippen LogP contribution in [0.2, 0.25) is 0 Å². The van der Waals surface area contributed by atoms with E-state index >= 15 is 0 Å². The molecule has 2 fully saturated rings. The molecule has 2 aliphatic rings. The Hall–Kier alpha value is -1.64. The van der Waals surface area contributed by atoms with Gasteiger partial charge in [-0.05, 0) is 43.9 Å². The fourth-order valence-electron chi connectivity index (χ4n) is 4.09. The van der Waals surface area contributed by atoms with E-state index in [0.717, 1.165) is 25.9 Å². The molecule has 28 heavy (non-hydrogen) atoms. The Kier molecular flexibility index (Phi) is 6.31. The highest BCUT2D eigenvalue weighted by Gasteiger charge is 2.36. The third kappa shape index (κ3) is 4.18. The Morgan fingerprint density at radius 2 is 1.75 bits per heavy atom. The molecule has 1 amide bonds. The summed E-state index contributed by atoms with van der Waals surface area (Å²) in [7, 11) is -0.393. The molecule has 3 rings (SSSR count). The average Bonchev–Trinajstić information content (AvgIpc) is 2.69. The van der Waals surface area contributed by atoms with E-state index in [0.29, 0.717) is 19.6 Å². The fourth-order valence-corrected chi connectivity index (χ4v) is 5.28. The number of benzene rings is 1. The molecule has 0 aliphatic carbocycles. The van der Waals surface area contributed by atoms with Crippen molar-refractivity contribution in [1.82, 2.24) is 13.5 Å². The number of hydrogen-bond donors (Lipinski definition) is 0. The Morgan fingerprint density at radius 1 is 1.07 bits per heavy atom. The number of piperazine rings is 1. The van der Waals surface area contributed by atoms with Gasteiger partial charge in [-0.15, -0.1) is 0 Å². The predicted octanol–water partition coefficient (Wildman–Crippen LogP) is 1.47. The minimum Gasteiger partial charge on any atom is -0.368 e. The fraction of sp³-hybridized carbons (Fsp3) is 0.650. The standard InChI is InChI=1S/C20H32N4O3S/c1-16-7-5-9-19(17(16)2)22-11-13-23(14-12-22)20(25)18-8-6-10-24(15-18)28(26,27)21(3)4/h5,7,9,18H,6,8,10-15H2,1-4H3. The number of anilines is 1. The highest BCUT2D eigenvalue weighted by atomic mass is 32.2. The number of carbonyl (C=O) groups is 1. The van der Waals surface area contributed by atoms with Crippen molar-refractivity contribution >= 4 is 21.8 Å². The molecule has 0 radical (unpaired) electrons. The lowest BCUT2D eigenvalue weighted by Crippen LogP contribution is -2.54. The first-order chi connectivity index (χ1) is 13.2.